The van der Waals surface area contributed by atoms with Crippen LogP contribution in [0.2, 0.25) is 0 Å². The van der Waals surface area contributed by atoms with Gasteiger partial charge in [-0.15, -0.1) is 0 Å². The van der Waals surface area contributed by atoms with Crippen LogP contribution in [0.3, 0.4) is 0 Å². The van der Waals surface area contributed by atoms with E-state index in [1.54, 1.807) is 31.2 Å². The van der Waals surface area contributed by atoms with E-state index in [4.69, 9.17) is 9.47 Å². The number of ether oxygens (including phenoxy) is 2. The Morgan fingerprint density at radius 3 is 2.79 bits per heavy atom. The maximum atomic E-state index is 12.5. The molecule has 0 aliphatic carbocycles. The molecule has 1 aliphatic rings. The van der Waals surface area contributed by atoms with Gasteiger partial charge in [-0.2, -0.15) is 0 Å². The molecule has 3 rings (SSSR count). The summed E-state index contributed by atoms with van der Waals surface area (Å²) in [6.07, 6.45) is 1.41. The van der Waals surface area contributed by atoms with Gasteiger partial charge in [0.2, 0.25) is 0 Å². The Morgan fingerprint density at radius 1 is 1.21 bits per heavy atom. The van der Waals surface area contributed by atoms with Crippen molar-refractivity contribution in [2.24, 2.45) is 0 Å². The maximum absolute atomic E-state index is 12.5. The number of rotatable bonds is 7. The van der Waals surface area contributed by atoms with Crippen molar-refractivity contribution in [3.05, 3.63) is 59.2 Å². The summed E-state index contributed by atoms with van der Waals surface area (Å²) in [5.41, 5.74) is 3.08. The summed E-state index contributed by atoms with van der Waals surface area (Å²) in [7, 11) is 0. The zero-order valence-corrected chi connectivity index (χ0v) is 17.2. The molecule has 0 aromatic heterocycles. The van der Waals surface area contributed by atoms with E-state index in [1.807, 2.05) is 32.0 Å². The molecular weight excluding hydrogens is 368 g/mol. The molecule has 2 unspecified atom stereocenters. The Labute approximate surface area is 171 Å². The first-order valence-electron chi connectivity index (χ1n) is 9.97. The number of hydrogen-bond acceptors (Lipinski definition) is 4. The lowest BCUT2D eigenvalue weighted by molar-refractivity contribution is -0.122. The molecule has 1 fully saturated rings. The van der Waals surface area contributed by atoms with Gasteiger partial charge in [0.1, 0.15) is 5.75 Å². The summed E-state index contributed by atoms with van der Waals surface area (Å²) in [6, 6.07) is 12.8. The zero-order chi connectivity index (χ0) is 20.8. The van der Waals surface area contributed by atoms with Gasteiger partial charge in [0.25, 0.3) is 11.8 Å². The molecule has 1 aliphatic heterocycles. The minimum absolute atomic E-state index is 0.0879. The summed E-state index contributed by atoms with van der Waals surface area (Å²) in [5.74, 6) is 0.231. The third-order valence-electron chi connectivity index (χ3n) is 4.92. The number of anilines is 1. The Hall–Kier alpha value is -2.86. The second-order valence-corrected chi connectivity index (χ2v) is 7.44. The lowest BCUT2D eigenvalue weighted by Gasteiger charge is -2.17. The second kappa shape index (κ2) is 9.56. The van der Waals surface area contributed by atoms with E-state index in [9.17, 15) is 9.59 Å². The lowest BCUT2D eigenvalue weighted by Crippen LogP contribution is -2.32. The number of amides is 2. The fraction of sp³-hybridized carbons (Fsp3) is 0.391. The topological polar surface area (TPSA) is 76.7 Å². The predicted octanol–water partition coefficient (Wildman–Crippen LogP) is 3.62. The van der Waals surface area contributed by atoms with Crippen LogP contribution in [0.1, 0.15) is 41.3 Å². The summed E-state index contributed by atoms with van der Waals surface area (Å²) in [6.45, 7) is 6.88. The molecule has 1 heterocycles. The summed E-state index contributed by atoms with van der Waals surface area (Å²) in [4.78, 5) is 24.9. The fourth-order valence-corrected chi connectivity index (χ4v) is 3.17. The van der Waals surface area contributed by atoms with Crippen LogP contribution in [0.25, 0.3) is 0 Å². The average Bonchev–Trinajstić information content (AvgIpc) is 3.22. The van der Waals surface area contributed by atoms with Crippen LogP contribution in [0.4, 0.5) is 5.69 Å². The Bertz CT molecular complexity index is 875. The van der Waals surface area contributed by atoms with Crippen LogP contribution in [0.15, 0.2) is 42.5 Å². The molecule has 0 bridgehead atoms. The van der Waals surface area contributed by atoms with E-state index in [-0.39, 0.29) is 17.9 Å². The number of nitrogens with one attached hydrogen (secondary N) is 2. The highest BCUT2D eigenvalue weighted by Gasteiger charge is 2.18. The minimum Gasteiger partial charge on any atom is -0.481 e. The van der Waals surface area contributed by atoms with Gasteiger partial charge in [-0.1, -0.05) is 18.2 Å². The number of aryl methyl sites for hydroxylation is 2. The molecule has 2 N–H and O–H groups in total. The Balaban J connectivity index is 1.57. The minimum atomic E-state index is -0.674. The number of hydrogen-bond donors (Lipinski definition) is 2. The molecule has 6 heteroatoms. The summed E-state index contributed by atoms with van der Waals surface area (Å²) < 4.78 is 11.3. The molecule has 0 radical (unpaired) electrons. The summed E-state index contributed by atoms with van der Waals surface area (Å²) >= 11 is 0. The largest absolute Gasteiger partial charge is 0.481 e. The molecule has 0 spiro atoms. The van der Waals surface area contributed by atoms with Crippen molar-refractivity contribution in [2.45, 2.75) is 45.8 Å². The lowest BCUT2D eigenvalue weighted by atomic mass is 10.1. The fourth-order valence-electron chi connectivity index (χ4n) is 3.17. The van der Waals surface area contributed by atoms with Gasteiger partial charge < -0.3 is 20.1 Å². The monoisotopic (exact) mass is 396 g/mol. The zero-order valence-electron chi connectivity index (χ0n) is 17.2. The molecule has 1 saturated heterocycles. The van der Waals surface area contributed by atoms with Gasteiger partial charge in [0.15, 0.2) is 6.10 Å². The molecule has 154 valence electrons. The van der Waals surface area contributed by atoms with Gasteiger partial charge in [-0.05, 0) is 69.0 Å². The highest BCUT2D eigenvalue weighted by atomic mass is 16.5. The molecule has 29 heavy (non-hydrogen) atoms. The highest BCUT2D eigenvalue weighted by molar-refractivity contribution is 5.98. The number of carbonyl (C=O) groups is 2. The average molecular weight is 396 g/mol. The Kier molecular flexibility index (Phi) is 6.88. The van der Waals surface area contributed by atoms with E-state index in [2.05, 4.69) is 10.6 Å². The van der Waals surface area contributed by atoms with Crippen LogP contribution in [-0.2, 0) is 9.53 Å². The third kappa shape index (κ3) is 5.81. The first-order chi connectivity index (χ1) is 13.9. The second-order valence-electron chi connectivity index (χ2n) is 7.44. The van der Waals surface area contributed by atoms with Crippen molar-refractivity contribution >= 4 is 17.5 Å². The number of benzene rings is 2. The van der Waals surface area contributed by atoms with Crippen LogP contribution in [0.5, 0.6) is 5.75 Å². The molecule has 2 atom stereocenters. The molecule has 6 nitrogen and oxygen atoms in total. The van der Waals surface area contributed by atoms with Gasteiger partial charge >= 0.3 is 0 Å². The molecule has 2 amide bonds. The van der Waals surface area contributed by atoms with Gasteiger partial charge in [0, 0.05) is 24.4 Å². The Morgan fingerprint density at radius 2 is 2.03 bits per heavy atom. The van der Waals surface area contributed by atoms with Crippen molar-refractivity contribution in [3.8, 4) is 5.75 Å². The van der Waals surface area contributed by atoms with Crippen molar-refractivity contribution in [2.75, 3.05) is 18.5 Å². The van der Waals surface area contributed by atoms with E-state index in [0.29, 0.717) is 23.5 Å². The molecule has 0 saturated carbocycles. The van der Waals surface area contributed by atoms with E-state index in [1.165, 1.54) is 0 Å². The third-order valence-corrected chi connectivity index (χ3v) is 4.92. The normalized spacial score (nSPS) is 16.9. The molecule has 2 aromatic rings. The van der Waals surface area contributed by atoms with Crippen molar-refractivity contribution < 1.29 is 19.1 Å². The standard InChI is InChI=1S/C23H28N2O4/c1-15-9-10-16(2)21(12-15)29-17(3)22(26)25-19-7-4-6-18(13-19)23(27)24-14-20-8-5-11-28-20/h4,6-7,9-10,12-13,17,20H,5,8,11,14H2,1-3H3,(H,24,27)(H,25,26). The van der Waals surface area contributed by atoms with Gasteiger partial charge in [-0.25, -0.2) is 0 Å². The van der Waals surface area contributed by atoms with Crippen molar-refractivity contribution in [1.82, 2.24) is 5.32 Å². The number of carbonyl (C=O) groups excluding carboxylic acids is 2. The highest BCUT2D eigenvalue weighted by Crippen LogP contribution is 2.21. The van der Waals surface area contributed by atoms with Crippen molar-refractivity contribution in [3.63, 3.8) is 0 Å². The van der Waals surface area contributed by atoms with Crippen molar-refractivity contribution in [1.29, 1.82) is 0 Å². The van der Waals surface area contributed by atoms with E-state index >= 15 is 0 Å². The first-order valence-corrected chi connectivity index (χ1v) is 9.97. The molecule has 2 aromatic carbocycles. The SMILES string of the molecule is Cc1ccc(C)c(OC(C)C(=O)Nc2cccc(C(=O)NCC3CCCO3)c2)c1. The summed E-state index contributed by atoms with van der Waals surface area (Å²) in [5, 5.41) is 5.71. The van der Waals surface area contributed by atoms with Crippen LogP contribution < -0.4 is 15.4 Å². The molecular formula is C23H28N2O4. The van der Waals surface area contributed by atoms with Crippen LogP contribution in [-0.4, -0.2) is 37.2 Å². The predicted molar refractivity (Wildman–Crippen MR) is 112 cm³/mol. The van der Waals surface area contributed by atoms with Gasteiger partial charge in [0.05, 0.1) is 6.10 Å². The van der Waals surface area contributed by atoms with Gasteiger partial charge in [-0.3, -0.25) is 9.59 Å². The maximum Gasteiger partial charge on any atom is 0.265 e. The van der Waals surface area contributed by atoms with Crippen LogP contribution >= 0.6 is 0 Å². The quantitative estimate of drug-likeness (QED) is 0.749. The first kappa shape index (κ1) is 20.9. The van der Waals surface area contributed by atoms with Crippen LogP contribution in [0, 0.1) is 13.8 Å². The smallest absolute Gasteiger partial charge is 0.265 e. The van der Waals surface area contributed by atoms with E-state index in [0.717, 1.165) is 30.6 Å². The van der Waals surface area contributed by atoms with E-state index < -0.39 is 6.10 Å².